The molecule has 110 valence electrons. The summed E-state index contributed by atoms with van der Waals surface area (Å²) >= 11 is 3.25. The zero-order chi connectivity index (χ0) is 15.3. The molecule has 0 fully saturated rings. The Kier molecular flexibility index (Phi) is 6.01. The van der Waals surface area contributed by atoms with Gasteiger partial charge in [-0.05, 0) is 31.0 Å². The Morgan fingerprint density at radius 1 is 1.35 bits per heavy atom. The third kappa shape index (κ3) is 4.85. The van der Waals surface area contributed by atoms with E-state index in [4.69, 9.17) is 10.5 Å². The number of esters is 1. The molecular weight excluding hydrogens is 324 g/mol. The highest BCUT2D eigenvalue weighted by Gasteiger charge is 2.15. The molecule has 0 saturated heterocycles. The highest BCUT2D eigenvalue weighted by Crippen LogP contribution is 2.19. The second-order valence-corrected chi connectivity index (χ2v) is 5.82. The lowest BCUT2D eigenvalue weighted by atomic mass is 10.1. The molecule has 1 rings (SSSR count). The molecule has 1 amide bonds. The van der Waals surface area contributed by atoms with Gasteiger partial charge in [0.1, 0.15) is 0 Å². The van der Waals surface area contributed by atoms with Crippen molar-refractivity contribution in [2.24, 2.45) is 5.92 Å². The van der Waals surface area contributed by atoms with Crippen LogP contribution < -0.4 is 11.1 Å². The van der Waals surface area contributed by atoms with E-state index >= 15 is 0 Å². The number of ether oxygens (including phenoxy) is 1. The van der Waals surface area contributed by atoms with Crippen LogP contribution in [0.15, 0.2) is 22.7 Å². The van der Waals surface area contributed by atoms with E-state index in [1.165, 1.54) is 0 Å². The SMILES string of the molecule is CC(C)[C@H](C)NC(=O)COC(=O)c1cc(Br)ccc1N. The van der Waals surface area contributed by atoms with Crippen molar-refractivity contribution >= 4 is 33.5 Å². The molecule has 0 bridgehead atoms. The van der Waals surface area contributed by atoms with Crippen molar-refractivity contribution in [1.82, 2.24) is 5.32 Å². The minimum Gasteiger partial charge on any atom is -0.452 e. The molecule has 1 aromatic rings. The Hall–Kier alpha value is -1.56. The smallest absolute Gasteiger partial charge is 0.340 e. The molecule has 5 nitrogen and oxygen atoms in total. The molecule has 0 aromatic heterocycles. The molecule has 0 saturated carbocycles. The van der Waals surface area contributed by atoms with E-state index in [0.717, 1.165) is 4.47 Å². The molecule has 0 heterocycles. The van der Waals surface area contributed by atoms with E-state index < -0.39 is 5.97 Å². The first kappa shape index (κ1) is 16.5. The van der Waals surface area contributed by atoms with Crippen molar-refractivity contribution < 1.29 is 14.3 Å². The maximum Gasteiger partial charge on any atom is 0.340 e. The maximum atomic E-state index is 11.8. The van der Waals surface area contributed by atoms with Gasteiger partial charge in [-0.2, -0.15) is 0 Å². The Labute approximate surface area is 127 Å². The van der Waals surface area contributed by atoms with Crippen molar-refractivity contribution in [3.8, 4) is 0 Å². The summed E-state index contributed by atoms with van der Waals surface area (Å²) in [4.78, 5) is 23.5. The van der Waals surface area contributed by atoms with E-state index in [9.17, 15) is 9.59 Å². The van der Waals surface area contributed by atoms with Crippen LogP contribution in [0.25, 0.3) is 0 Å². The third-order valence-electron chi connectivity index (χ3n) is 2.96. The summed E-state index contributed by atoms with van der Waals surface area (Å²) in [6.45, 7) is 5.58. The minimum absolute atomic E-state index is 0.0251. The van der Waals surface area contributed by atoms with E-state index in [1.54, 1.807) is 18.2 Å². The average Bonchev–Trinajstić information content (AvgIpc) is 2.38. The van der Waals surface area contributed by atoms with Crippen LogP contribution in [0.1, 0.15) is 31.1 Å². The first-order valence-electron chi connectivity index (χ1n) is 6.32. The van der Waals surface area contributed by atoms with Crippen LogP contribution in [0.2, 0.25) is 0 Å². The Morgan fingerprint density at radius 3 is 2.60 bits per heavy atom. The van der Waals surface area contributed by atoms with Crippen LogP contribution in [0.4, 0.5) is 5.69 Å². The van der Waals surface area contributed by atoms with Crippen LogP contribution in [-0.4, -0.2) is 24.5 Å². The predicted molar refractivity (Wildman–Crippen MR) is 81.3 cm³/mol. The van der Waals surface area contributed by atoms with Crippen LogP contribution in [0.3, 0.4) is 0 Å². The summed E-state index contributed by atoms with van der Waals surface area (Å²) in [5.41, 5.74) is 6.25. The van der Waals surface area contributed by atoms with Gasteiger partial charge in [0.2, 0.25) is 0 Å². The van der Waals surface area contributed by atoms with E-state index in [-0.39, 0.29) is 24.1 Å². The largest absolute Gasteiger partial charge is 0.452 e. The lowest BCUT2D eigenvalue weighted by molar-refractivity contribution is -0.125. The number of nitrogen functional groups attached to an aromatic ring is 1. The number of nitrogens with two attached hydrogens (primary N) is 1. The molecule has 0 spiro atoms. The lowest BCUT2D eigenvalue weighted by Crippen LogP contribution is -2.38. The quantitative estimate of drug-likeness (QED) is 0.635. The van der Waals surface area contributed by atoms with Gasteiger partial charge in [0.25, 0.3) is 5.91 Å². The molecule has 0 aliphatic heterocycles. The molecule has 6 heteroatoms. The first-order valence-corrected chi connectivity index (χ1v) is 7.12. The van der Waals surface area contributed by atoms with E-state index in [0.29, 0.717) is 11.6 Å². The van der Waals surface area contributed by atoms with Crippen LogP contribution in [0.5, 0.6) is 0 Å². The Bertz CT molecular complexity index is 503. The summed E-state index contributed by atoms with van der Waals surface area (Å²) in [6, 6.07) is 4.91. The second kappa shape index (κ2) is 7.28. The molecule has 0 unspecified atom stereocenters. The number of nitrogens with one attached hydrogen (secondary N) is 1. The number of halogens is 1. The number of hydrogen-bond donors (Lipinski definition) is 2. The van der Waals surface area contributed by atoms with Crippen LogP contribution in [0, 0.1) is 5.92 Å². The van der Waals surface area contributed by atoms with Crippen molar-refractivity contribution in [3.63, 3.8) is 0 Å². The second-order valence-electron chi connectivity index (χ2n) is 4.91. The molecule has 3 N–H and O–H groups in total. The normalized spacial score (nSPS) is 12.1. The van der Waals surface area contributed by atoms with Crippen LogP contribution in [-0.2, 0) is 9.53 Å². The van der Waals surface area contributed by atoms with E-state index in [1.807, 2.05) is 20.8 Å². The van der Waals surface area contributed by atoms with Crippen molar-refractivity contribution in [1.29, 1.82) is 0 Å². The summed E-state index contributed by atoms with van der Waals surface area (Å²) in [5, 5.41) is 2.76. The van der Waals surface area contributed by atoms with E-state index in [2.05, 4.69) is 21.2 Å². The number of carbonyl (C=O) groups excluding carboxylic acids is 2. The molecule has 0 aliphatic rings. The number of anilines is 1. The number of rotatable bonds is 5. The lowest BCUT2D eigenvalue weighted by Gasteiger charge is -2.17. The standard InChI is InChI=1S/C14H19BrN2O3/c1-8(2)9(3)17-13(18)7-20-14(19)11-6-10(15)4-5-12(11)16/h4-6,8-9H,7,16H2,1-3H3,(H,17,18)/t9-/m0/s1. The van der Waals surface area contributed by atoms with Crippen molar-refractivity contribution in [3.05, 3.63) is 28.2 Å². The molecule has 0 aliphatic carbocycles. The van der Waals surface area contributed by atoms with Gasteiger partial charge in [-0.25, -0.2) is 4.79 Å². The highest BCUT2D eigenvalue weighted by molar-refractivity contribution is 9.10. The summed E-state index contributed by atoms with van der Waals surface area (Å²) in [5.74, 6) is -0.625. The minimum atomic E-state index is -0.615. The van der Waals surface area contributed by atoms with Crippen molar-refractivity contribution in [2.45, 2.75) is 26.8 Å². The maximum absolute atomic E-state index is 11.8. The molecule has 20 heavy (non-hydrogen) atoms. The van der Waals surface area contributed by atoms with Gasteiger partial charge in [0, 0.05) is 16.2 Å². The number of carbonyl (C=O) groups is 2. The monoisotopic (exact) mass is 342 g/mol. The van der Waals surface area contributed by atoms with Gasteiger partial charge in [-0.1, -0.05) is 29.8 Å². The number of hydrogen-bond acceptors (Lipinski definition) is 4. The van der Waals surface area contributed by atoms with Gasteiger partial charge in [-0.15, -0.1) is 0 Å². The fraction of sp³-hybridized carbons (Fsp3) is 0.429. The fourth-order valence-corrected chi connectivity index (χ4v) is 1.74. The molecule has 1 aromatic carbocycles. The third-order valence-corrected chi connectivity index (χ3v) is 3.45. The summed E-state index contributed by atoms with van der Waals surface area (Å²) in [7, 11) is 0. The van der Waals surface area contributed by atoms with Gasteiger partial charge < -0.3 is 15.8 Å². The highest BCUT2D eigenvalue weighted by atomic mass is 79.9. The number of amides is 1. The molecule has 0 radical (unpaired) electrons. The zero-order valence-corrected chi connectivity index (χ0v) is 13.4. The van der Waals surface area contributed by atoms with Gasteiger partial charge in [-0.3, -0.25) is 4.79 Å². The predicted octanol–water partition coefficient (Wildman–Crippen LogP) is 2.35. The molecule has 1 atom stereocenters. The fourth-order valence-electron chi connectivity index (χ4n) is 1.38. The molecular formula is C14H19BrN2O3. The number of benzene rings is 1. The Morgan fingerprint density at radius 2 is 2.00 bits per heavy atom. The van der Waals surface area contributed by atoms with Gasteiger partial charge >= 0.3 is 5.97 Å². The first-order chi connectivity index (χ1) is 9.31. The summed E-state index contributed by atoms with van der Waals surface area (Å²) < 4.78 is 5.67. The van der Waals surface area contributed by atoms with Crippen molar-refractivity contribution in [2.75, 3.05) is 12.3 Å². The summed E-state index contributed by atoms with van der Waals surface area (Å²) in [6.07, 6.45) is 0. The van der Waals surface area contributed by atoms with Crippen LogP contribution >= 0.6 is 15.9 Å². The topological polar surface area (TPSA) is 81.4 Å². The Balaban J connectivity index is 2.55. The van der Waals surface area contributed by atoms with Gasteiger partial charge in [0.05, 0.1) is 5.56 Å². The average molecular weight is 343 g/mol. The van der Waals surface area contributed by atoms with Gasteiger partial charge in [0.15, 0.2) is 6.61 Å². The zero-order valence-electron chi connectivity index (χ0n) is 11.8.